The highest BCUT2D eigenvalue weighted by Crippen LogP contribution is 2.52. The standard InChI is InChI=1S/C29H30N2O2S/c1-33-28-27(30-26(32)21-23-12-8-20-34-23)24-13-5-6-14-25(24)29(28)15-18-31(19-16-29)17-7-11-22-9-3-2-4-10-22/h2-6,8-10,12-14,20,27-28H,15-19,21H2,1H3,(H,30,32)/t27-,28+/m1/s1. The van der Waals surface area contributed by atoms with E-state index in [2.05, 4.69) is 46.3 Å². The number of piperidine rings is 1. The zero-order chi connectivity index (χ0) is 23.4. The smallest absolute Gasteiger partial charge is 0.225 e. The fourth-order valence-corrected chi connectivity index (χ4v) is 6.31. The number of methoxy groups -OCH3 is 1. The average molecular weight is 471 g/mol. The molecule has 2 heterocycles. The highest BCUT2D eigenvalue weighted by Gasteiger charge is 2.53. The molecular weight excluding hydrogens is 440 g/mol. The minimum absolute atomic E-state index is 0.0509. The summed E-state index contributed by atoms with van der Waals surface area (Å²) in [5.41, 5.74) is 3.50. The van der Waals surface area contributed by atoms with Gasteiger partial charge in [-0.25, -0.2) is 0 Å². The number of nitrogens with zero attached hydrogens (tertiary/aromatic N) is 1. The van der Waals surface area contributed by atoms with Crippen molar-refractivity contribution in [3.8, 4) is 11.8 Å². The van der Waals surface area contributed by atoms with Gasteiger partial charge in [-0.2, -0.15) is 0 Å². The molecule has 3 aromatic rings. The second kappa shape index (κ2) is 10.1. The lowest BCUT2D eigenvalue weighted by atomic mass is 9.72. The predicted molar refractivity (Wildman–Crippen MR) is 137 cm³/mol. The third-order valence-electron chi connectivity index (χ3n) is 7.22. The zero-order valence-corrected chi connectivity index (χ0v) is 20.3. The summed E-state index contributed by atoms with van der Waals surface area (Å²) in [6.07, 6.45) is 2.32. The minimum atomic E-state index is -0.127. The molecule has 1 N–H and O–H groups in total. The SMILES string of the molecule is CO[C@H]1[C@H](NC(=O)Cc2cccs2)c2ccccc2C12CCN(CC#Cc1ccccc1)CC2. The van der Waals surface area contributed by atoms with E-state index in [0.717, 1.165) is 42.9 Å². The summed E-state index contributed by atoms with van der Waals surface area (Å²) in [5.74, 6) is 6.66. The molecule has 5 rings (SSSR count). The molecule has 1 fully saturated rings. The molecule has 2 aliphatic rings. The largest absolute Gasteiger partial charge is 0.378 e. The summed E-state index contributed by atoms with van der Waals surface area (Å²) in [5, 5.41) is 5.33. The number of ether oxygens (including phenoxy) is 1. The first-order valence-electron chi connectivity index (χ1n) is 11.9. The second-order valence-electron chi connectivity index (χ2n) is 9.14. The molecule has 2 atom stereocenters. The van der Waals surface area contributed by atoms with Crippen LogP contribution < -0.4 is 5.32 Å². The fourth-order valence-electron chi connectivity index (χ4n) is 5.61. The van der Waals surface area contributed by atoms with Crippen LogP contribution in [0.3, 0.4) is 0 Å². The van der Waals surface area contributed by atoms with E-state index in [1.807, 2.05) is 47.8 Å². The number of fused-ring (bicyclic) bond motifs is 2. The van der Waals surface area contributed by atoms with Crippen LogP contribution in [0.4, 0.5) is 0 Å². The number of rotatable bonds is 5. The van der Waals surface area contributed by atoms with Crippen LogP contribution >= 0.6 is 11.3 Å². The summed E-state index contributed by atoms with van der Waals surface area (Å²) in [6, 6.07) is 22.6. The average Bonchev–Trinajstić information content (AvgIpc) is 3.46. The molecule has 1 aliphatic carbocycles. The van der Waals surface area contributed by atoms with Gasteiger partial charge in [0.05, 0.1) is 25.1 Å². The Kier molecular flexibility index (Phi) is 6.82. The van der Waals surface area contributed by atoms with Crippen molar-refractivity contribution in [2.75, 3.05) is 26.7 Å². The van der Waals surface area contributed by atoms with E-state index in [-0.39, 0.29) is 23.5 Å². The van der Waals surface area contributed by atoms with Crippen molar-refractivity contribution in [3.63, 3.8) is 0 Å². The Morgan fingerprint density at radius 3 is 2.59 bits per heavy atom. The van der Waals surface area contributed by atoms with Crippen molar-refractivity contribution in [1.29, 1.82) is 0 Å². The molecule has 1 saturated heterocycles. The highest BCUT2D eigenvalue weighted by atomic mass is 32.1. The lowest BCUT2D eigenvalue weighted by Crippen LogP contribution is -2.50. The zero-order valence-electron chi connectivity index (χ0n) is 19.5. The Balaban J connectivity index is 1.30. The van der Waals surface area contributed by atoms with Gasteiger partial charge in [-0.3, -0.25) is 9.69 Å². The molecule has 174 valence electrons. The molecule has 1 aromatic heterocycles. The summed E-state index contributed by atoms with van der Waals surface area (Å²) in [4.78, 5) is 16.4. The van der Waals surface area contributed by atoms with Gasteiger partial charge in [0, 0.05) is 36.1 Å². The van der Waals surface area contributed by atoms with Gasteiger partial charge in [-0.1, -0.05) is 60.4 Å². The molecule has 0 saturated carbocycles. The Labute approximate surface area is 206 Å². The summed E-state index contributed by atoms with van der Waals surface area (Å²) in [7, 11) is 1.79. The van der Waals surface area contributed by atoms with E-state index in [9.17, 15) is 4.79 Å². The van der Waals surface area contributed by atoms with Gasteiger partial charge < -0.3 is 10.1 Å². The van der Waals surface area contributed by atoms with Crippen molar-refractivity contribution >= 4 is 17.2 Å². The maximum atomic E-state index is 12.9. The molecular formula is C29H30N2O2S. The van der Waals surface area contributed by atoms with E-state index in [0.29, 0.717) is 6.42 Å². The number of carbonyl (C=O) groups is 1. The van der Waals surface area contributed by atoms with Crippen LogP contribution in [0.2, 0.25) is 0 Å². The van der Waals surface area contributed by atoms with Crippen LogP contribution in [0.15, 0.2) is 72.1 Å². The topological polar surface area (TPSA) is 41.6 Å². The van der Waals surface area contributed by atoms with E-state index < -0.39 is 0 Å². The van der Waals surface area contributed by atoms with Gasteiger partial charge in [-0.05, 0) is 47.5 Å². The highest BCUT2D eigenvalue weighted by molar-refractivity contribution is 7.10. The van der Waals surface area contributed by atoms with Gasteiger partial charge in [-0.15, -0.1) is 11.3 Å². The van der Waals surface area contributed by atoms with Crippen molar-refractivity contribution in [2.24, 2.45) is 0 Å². The monoisotopic (exact) mass is 470 g/mol. The normalized spacial score (nSPS) is 21.0. The number of amides is 1. The maximum Gasteiger partial charge on any atom is 0.225 e. The third kappa shape index (κ3) is 4.54. The molecule has 0 bridgehead atoms. The van der Waals surface area contributed by atoms with Gasteiger partial charge in [0.15, 0.2) is 0 Å². The van der Waals surface area contributed by atoms with E-state index >= 15 is 0 Å². The maximum absolute atomic E-state index is 12.9. The van der Waals surface area contributed by atoms with Crippen molar-refractivity contribution in [3.05, 3.63) is 93.7 Å². The van der Waals surface area contributed by atoms with Crippen molar-refractivity contribution in [1.82, 2.24) is 10.2 Å². The van der Waals surface area contributed by atoms with E-state index in [1.54, 1.807) is 18.4 Å². The van der Waals surface area contributed by atoms with Crippen LogP contribution in [0, 0.1) is 11.8 Å². The molecule has 5 heteroatoms. The Bertz CT molecular complexity index is 1170. The van der Waals surface area contributed by atoms with Crippen LogP contribution in [0.25, 0.3) is 0 Å². The number of hydrogen-bond donors (Lipinski definition) is 1. The van der Waals surface area contributed by atoms with E-state index in [4.69, 9.17) is 4.74 Å². The van der Waals surface area contributed by atoms with Crippen LogP contribution in [-0.2, 0) is 21.4 Å². The lowest BCUT2D eigenvalue weighted by Gasteiger charge is -2.43. The summed E-state index contributed by atoms with van der Waals surface area (Å²) >= 11 is 1.62. The van der Waals surface area contributed by atoms with Crippen LogP contribution in [0.1, 0.15) is 40.5 Å². The number of benzene rings is 2. The molecule has 2 aromatic carbocycles. The minimum Gasteiger partial charge on any atom is -0.378 e. The summed E-state index contributed by atoms with van der Waals surface area (Å²) < 4.78 is 6.15. The number of hydrogen-bond acceptors (Lipinski definition) is 4. The molecule has 1 spiro atoms. The molecule has 34 heavy (non-hydrogen) atoms. The van der Waals surface area contributed by atoms with Crippen molar-refractivity contribution in [2.45, 2.75) is 36.8 Å². The first-order chi connectivity index (χ1) is 16.7. The van der Waals surface area contributed by atoms with Gasteiger partial charge in [0.25, 0.3) is 0 Å². The Morgan fingerprint density at radius 1 is 1.09 bits per heavy atom. The van der Waals surface area contributed by atoms with Gasteiger partial charge in [0.2, 0.25) is 5.91 Å². The molecule has 1 amide bonds. The molecule has 4 nitrogen and oxygen atoms in total. The van der Waals surface area contributed by atoms with Gasteiger partial charge in [0.1, 0.15) is 0 Å². The van der Waals surface area contributed by atoms with E-state index in [1.165, 1.54) is 11.1 Å². The fraction of sp³-hybridized carbons (Fsp3) is 0.345. The number of carbonyl (C=O) groups excluding carboxylic acids is 1. The Morgan fingerprint density at radius 2 is 1.85 bits per heavy atom. The van der Waals surface area contributed by atoms with Crippen LogP contribution in [0.5, 0.6) is 0 Å². The first kappa shape index (κ1) is 22.9. The number of nitrogens with one attached hydrogen (secondary N) is 1. The summed E-state index contributed by atoms with van der Waals surface area (Å²) in [6.45, 7) is 2.70. The number of thiophene rings is 1. The second-order valence-corrected chi connectivity index (χ2v) is 10.2. The molecule has 0 radical (unpaired) electrons. The third-order valence-corrected chi connectivity index (χ3v) is 8.10. The quantitative estimate of drug-likeness (QED) is 0.556. The van der Waals surface area contributed by atoms with Crippen molar-refractivity contribution < 1.29 is 9.53 Å². The number of likely N-dealkylation sites (tertiary alicyclic amines) is 1. The predicted octanol–water partition coefficient (Wildman–Crippen LogP) is 4.56. The molecule has 0 unspecified atom stereocenters. The molecule has 1 aliphatic heterocycles. The lowest BCUT2D eigenvalue weighted by molar-refractivity contribution is -0.122. The van der Waals surface area contributed by atoms with Crippen LogP contribution in [-0.4, -0.2) is 43.7 Å². The Hall–Kier alpha value is -2.91. The van der Waals surface area contributed by atoms with Gasteiger partial charge >= 0.3 is 0 Å². The first-order valence-corrected chi connectivity index (χ1v) is 12.8.